The summed E-state index contributed by atoms with van der Waals surface area (Å²) >= 11 is 6.11. The molecule has 2 aromatic rings. The number of hydrogen-bond acceptors (Lipinski definition) is 7. The van der Waals surface area contributed by atoms with Crippen molar-refractivity contribution >= 4 is 27.4 Å². The summed E-state index contributed by atoms with van der Waals surface area (Å²) in [5.41, 5.74) is 0.0443. The van der Waals surface area contributed by atoms with Gasteiger partial charge in [0.1, 0.15) is 5.76 Å². The molecule has 0 bridgehead atoms. The largest absolute Gasteiger partial charge is 0.461 e. The van der Waals surface area contributed by atoms with Crippen LogP contribution in [0.4, 0.5) is 0 Å². The molecule has 8 nitrogen and oxygen atoms in total. The fraction of sp³-hybridized carbons (Fsp3) is 0.133. The van der Waals surface area contributed by atoms with Crippen molar-refractivity contribution in [1.29, 1.82) is 0 Å². The van der Waals surface area contributed by atoms with E-state index in [-0.39, 0.29) is 34.8 Å². The summed E-state index contributed by atoms with van der Waals surface area (Å²) in [5, 5.41) is 6.35. The number of esters is 1. The van der Waals surface area contributed by atoms with E-state index in [1.807, 2.05) is 0 Å². The van der Waals surface area contributed by atoms with Crippen LogP contribution in [0.25, 0.3) is 5.82 Å². The van der Waals surface area contributed by atoms with E-state index in [1.165, 1.54) is 23.0 Å². The van der Waals surface area contributed by atoms with Gasteiger partial charge in [-0.15, -0.1) is 5.10 Å². The average Bonchev–Trinajstić information content (AvgIpc) is 3.11. The van der Waals surface area contributed by atoms with Crippen molar-refractivity contribution in [3.8, 4) is 11.7 Å². The lowest BCUT2D eigenvalue weighted by Gasteiger charge is -2.06. The van der Waals surface area contributed by atoms with Crippen molar-refractivity contribution in [2.45, 2.75) is 6.92 Å². The first-order valence-electron chi connectivity index (χ1n) is 7.10. The minimum atomic E-state index is -3.43. The van der Waals surface area contributed by atoms with E-state index in [9.17, 15) is 13.2 Å². The maximum atomic E-state index is 12.2. The zero-order valence-electron chi connectivity index (χ0n) is 12.9. The van der Waals surface area contributed by atoms with Gasteiger partial charge in [0.15, 0.2) is 21.3 Å². The second kappa shape index (κ2) is 6.69. The molecule has 0 aliphatic carbocycles. The molecule has 3 rings (SSSR count). The SMILES string of the molecule is CCOC(=O)c1cc(OC2=CS(=O)(=O)C=C2)nn1-c1ncccc1Cl. The van der Waals surface area contributed by atoms with Crippen LogP contribution in [-0.4, -0.2) is 35.8 Å². The van der Waals surface area contributed by atoms with Gasteiger partial charge in [0.2, 0.25) is 5.88 Å². The number of carbonyl (C=O) groups excluding carboxylic acids is 1. The van der Waals surface area contributed by atoms with Gasteiger partial charge in [-0.05, 0) is 25.1 Å². The minimum Gasteiger partial charge on any atom is -0.461 e. The molecule has 0 spiro atoms. The van der Waals surface area contributed by atoms with Crippen molar-refractivity contribution in [3.05, 3.63) is 57.8 Å². The quantitative estimate of drug-likeness (QED) is 0.732. The van der Waals surface area contributed by atoms with E-state index in [4.69, 9.17) is 21.1 Å². The van der Waals surface area contributed by atoms with Gasteiger partial charge < -0.3 is 9.47 Å². The van der Waals surface area contributed by atoms with Gasteiger partial charge in [0, 0.05) is 17.7 Å². The molecule has 0 fully saturated rings. The van der Waals surface area contributed by atoms with Crippen LogP contribution < -0.4 is 4.74 Å². The van der Waals surface area contributed by atoms with Crippen LogP contribution in [0.1, 0.15) is 17.4 Å². The highest BCUT2D eigenvalue weighted by atomic mass is 35.5. The third-order valence-corrected chi connectivity index (χ3v) is 4.41. The van der Waals surface area contributed by atoms with Crippen molar-refractivity contribution < 1.29 is 22.7 Å². The smallest absolute Gasteiger partial charge is 0.357 e. The molecule has 0 radical (unpaired) electrons. The van der Waals surface area contributed by atoms with Gasteiger partial charge in [-0.1, -0.05) is 11.6 Å². The van der Waals surface area contributed by atoms with Crippen LogP contribution in [0.2, 0.25) is 5.02 Å². The third-order valence-electron chi connectivity index (χ3n) is 3.04. The third kappa shape index (κ3) is 3.72. The molecule has 0 saturated carbocycles. The predicted octanol–water partition coefficient (Wildman–Crippen LogP) is 2.26. The highest BCUT2D eigenvalue weighted by Gasteiger charge is 2.22. The van der Waals surface area contributed by atoms with Crippen LogP contribution in [0.15, 0.2) is 47.0 Å². The fourth-order valence-electron chi connectivity index (χ4n) is 2.04. The highest BCUT2D eigenvalue weighted by molar-refractivity contribution is 7.97. The van der Waals surface area contributed by atoms with Crippen LogP contribution in [0, 0.1) is 0 Å². The molecule has 0 saturated heterocycles. The number of halogens is 1. The standard InChI is InChI=1S/C15H12ClN3O5S/c1-2-23-15(20)12-8-13(24-10-5-7-25(21,22)9-10)18-19(12)14-11(16)4-3-6-17-14/h3-9H,2H2,1H3. The number of ether oxygens (including phenoxy) is 2. The summed E-state index contributed by atoms with van der Waals surface area (Å²) in [4.78, 5) is 16.3. The molecule has 2 aromatic heterocycles. The van der Waals surface area contributed by atoms with Crippen LogP contribution in [0.3, 0.4) is 0 Å². The Balaban J connectivity index is 2.02. The molecule has 1 aliphatic rings. The van der Waals surface area contributed by atoms with E-state index < -0.39 is 15.8 Å². The van der Waals surface area contributed by atoms with Crippen LogP contribution in [-0.2, 0) is 14.6 Å². The Hall–Kier alpha value is -2.65. The summed E-state index contributed by atoms with van der Waals surface area (Å²) in [6, 6.07) is 4.55. The van der Waals surface area contributed by atoms with Crippen LogP contribution >= 0.6 is 11.6 Å². The monoisotopic (exact) mass is 381 g/mol. The van der Waals surface area contributed by atoms with Gasteiger partial charge in [0.05, 0.1) is 17.0 Å². The maximum Gasteiger partial charge on any atom is 0.357 e. The van der Waals surface area contributed by atoms with Gasteiger partial charge in [-0.2, -0.15) is 0 Å². The highest BCUT2D eigenvalue weighted by Crippen LogP contribution is 2.24. The number of carbonyl (C=O) groups is 1. The molecule has 10 heteroatoms. The topological polar surface area (TPSA) is 100 Å². The molecule has 0 unspecified atom stereocenters. The molecule has 3 heterocycles. The Morgan fingerprint density at radius 1 is 1.40 bits per heavy atom. The lowest BCUT2D eigenvalue weighted by molar-refractivity contribution is 0.0515. The first-order chi connectivity index (χ1) is 11.9. The Labute approximate surface area is 148 Å². The molecule has 0 atom stereocenters. The fourth-order valence-corrected chi connectivity index (χ4v) is 3.09. The Bertz CT molecular complexity index is 994. The Morgan fingerprint density at radius 3 is 2.84 bits per heavy atom. The number of pyridine rings is 1. The summed E-state index contributed by atoms with van der Waals surface area (Å²) in [6.45, 7) is 1.84. The molecule has 0 aromatic carbocycles. The number of sulfone groups is 1. The summed E-state index contributed by atoms with van der Waals surface area (Å²) in [5.74, 6) is -0.356. The van der Waals surface area contributed by atoms with Gasteiger partial charge >= 0.3 is 5.97 Å². The molecular weight excluding hydrogens is 370 g/mol. The normalized spacial score (nSPS) is 15.0. The summed E-state index contributed by atoms with van der Waals surface area (Å²) in [7, 11) is -3.43. The first-order valence-corrected chi connectivity index (χ1v) is 9.09. The van der Waals surface area contributed by atoms with Gasteiger partial charge in [0.25, 0.3) is 0 Å². The Morgan fingerprint density at radius 2 is 2.20 bits per heavy atom. The number of allylic oxidation sites excluding steroid dienone is 1. The number of aromatic nitrogens is 3. The zero-order chi connectivity index (χ0) is 18.0. The lowest BCUT2D eigenvalue weighted by Crippen LogP contribution is -2.13. The van der Waals surface area contributed by atoms with E-state index >= 15 is 0 Å². The van der Waals surface area contributed by atoms with Gasteiger partial charge in [-0.3, -0.25) is 0 Å². The van der Waals surface area contributed by atoms with E-state index in [0.717, 1.165) is 10.8 Å². The van der Waals surface area contributed by atoms with E-state index in [1.54, 1.807) is 19.1 Å². The summed E-state index contributed by atoms with van der Waals surface area (Å²) < 4.78 is 34.4. The summed E-state index contributed by atoms with van der Waals surface area (Å²) in [6.07, 6.45) is 2.78. The van der Waals surface area contributed by atoms with Crippen molar-refractivity contribution in [3.63, 3.8) is 0 Å². The van der Waals surface area contributed by atoms with Crippen molar-refractivity contribution in [2.24, 2.45) is 0 Å². The number of nitrogens with zero attached hydrogens (tertiary/aromatic N) is 3. The van der Waals surface area contributed by atoms with E-state index in [2.05, 4.69) is 10.1 Å². The predicted molar refractivity (Wildman–Crippen MR) is 89.1 cm³/mol. The molecule has 25 heavy (non-hydrogen) atoms. The molecular formula is C15H12ClN3O5S. The molecule has 1 aliphatic heterocycles. The molecule has 0 N–H and O–H groups in total. The van der Waals surface area contributed by atoms with Crippen LogP contribution in [0.5, 0.6) is 5.88 Å². The Kier molecular flexibility index (Phi) is 4.60. The molecule has 0 amide bonds. The lowest BCUT2D eigenvalue weighted by atomic mass is 10.4. The number of hydrogen-bond donors (Lipinski definition) is 0. The van der Waals surface area contributed by atoms with Crippen molar-refractivity contribution in [2.75, 3.05) is 6.61 Å². The minimum absolute atomic E-state index is 0.00206. The van der Waals surface area contributed by atoms with E-state index in [0.29, 0.717) is 0 Å². The second-order valence-corrected chi connectivity index (χ2v) is 6.92. The average molecular weight is 382 g/mol. The van der Waals surface area contributed by atoms with Crippen molar-refractivity contribution in [1.82, 2.24) is 14.8 Å². The molecule has 130 valence electrons. The maximum absolute atomic E-state index is 12.2. The first kappa shape index (κ1) is 17.2. The van der Waals surface area contributed by atoms with Gasteiger partial charge in [-0.25, -0.2) is 22.9 Å². The number of rotatable bonds is 5. The zero-order valence-corrected chi connectivity index (χ0v) is 14.5. The second-order valence-electron chi connectivity index (χ2n) is 4.82.